The molecule has 0 bridgehead atoms. The summed E-state index contributed by atoms with van der Waals surface area (Å²) in [6.45, 7) is -0.195. The van der Waals surface area contributed by atoms with Gasteiger partial charge in [0.25, 0.3) is 5.91 Å². The van der Waals surface area contributed by atoms with Crippen LogP contribution in [-0.4, -0.2) is 20.7 Å². The molecule has 166 valence electrons. The number of benzene rings is 3. The minimum atomic E-state index is -4.58. The predicted molar refractivity (Wildman–Crippen MR) is 122 cm³/mol. The third-order valence-corrected chi connectivity index (χ3v) is 6.12. The summed E-state index contributed by atoms with van der Waals surface area (Å²) in [7, 11) is 1.78. The van der Waals surface area contributed by atoms with Crippen LogP contribution in [0.1, 0.15) is 21.5 Å². The smallest absolute Gasteiger partial charge is 0.317 e. The zero-order valence-corrected chi connectivity index (χ0v) is 18.9. The Labute approximate surface area is 195 Å². The van der Waals surface area contributed by atoms with Crippen LogP contribution in [-0.2, 0) is 19.8 Å². The molecule has 0 unspecified atom stereocenters. The Morgan fingerprint density at radius 1 is 1.00 bits per heavy atom. The largest absolute Gasteiger partial charge is 0.416 e. The molecule has 1 aromatic heterocycles. The SMILES string of the molecule is Cn1cnnc1-c1c(-c2ccccc2)cccc1N1Cc2c(cc(Br)cc2C(F)(F)F)C1=O. The first kappa shape index (κ1) is 21.4. The summed E-state index contributed by atoms with van der Waals surface area (Å²) in [6, 6.07) is 17.4. The van der Waals surface area contributed by atoms with Crippen LogP contribution in [0.15, 0.2) is 71.5 Å². The number of carbonyl (C=O) groups is 1. The maximum Gasteiger partial charge on any atom is 0.416 e. The summed E-state index contributed by atoms with van der Waals surface area (Å²) in [5, 5.41) is 8.21. The maximum atomic E-state index is 13.7. The number of aromatic nitrogens is 3. The molecule has 33 heavy (non-hydrogen) atoms. The van der Waals surface area contributed by atoms with Gasteiger partial charge in [-0.25, -0.2) is 0 Å². The molecule has 0 atom stereocenters. The number of rotatable bonds is 3. The lowest BCUT2D eigenvalue weighted by atomic mass is 9.97. The molecule has 5 nitrogen and oxygen atoms in total. The second kappa shape index (κ2) is 7.84. The standard InChI is InChI=1S/C24H16BrF3N4O/c1-31-13-29-30-22(31)21-16(14-6-3-2-4-7-14)8-5-9-20(21)32-12-18-17(23(32)33)10-15(25)11-19(18)24(26,27)28/h2-11,13H,12H2,1H3. The van der Waals surface area contributed by atoms with Gasteiger partial charge < -0.3 is 9.47 Å². The number of anilines is 1. The van der Waals surface area contributed by atoms with Crippen molar-refractivity contribution in [1.82, 2.24) is 14.8 Å². The molecular weight excluding hydrogens is 497 g/mol. The molecule has 0 saturated heterocycles. The Balaban J connectivity index is 1.73. The normalized spacial score (nSPS) is 13.5. The van der Waals surface area contributed by atoms with Crippen molar-refractivity contribution in [1.29, 1.82) is 0 Å². The van der Waals surface area contributed by atoms with Crippen LogP contribution in [0.2, 0.25) is 0 Å². The van der Waals surface area contributed by atoms with Gasteiger partial charge in [-0.05, 0) is 34.9 Å². The number of alkyl halides is 3. The predicted octanol–water partition coefficient (Wildman–Crippen LogP) is 6.09. The van der Waals surface area contributed by atoms with Crippen LogP contribution in [0.3, 0.4) is 0 Å². The Morgan fingerprint density at radius 3 is 2.42 bits per heavy atom. The summed E-state index contributed by atoms with van der Waals surface area (Å²) in [4.78, 5) is 14.8. The summed E-state index contributed by atoms with van der Waals surface area (Å²) < 4.78 is 43.2. The molecule has 0 spiro atoms. The molecule has 3 aromatic carbocycles. The number of fused-ring (bicyclic) bond motifs is 1. The Bertz CT molecular complexity index is 1380. The molecule has 0 N–H and O–H groups in total. The number of carbonyl (C=O) groups excluding carboxylic acids is 1. The van der Waals surface area contributed by atoms with Crippen molar-refractivity contribution in [2.24, 2.45) is 7.05 Å². The molecule has 5 rings (SSSR count). The zero-order chi connectivity index (χ0) is 23.3. The molecule has 0 radical (unpaired) electrons. The first-order valence-corrected chi connectivity index (χ1v) is 10.8. The minimum Gasteiger partial charge on any atom is -0.317 e. The van der Waals surface area contributed by atoms with Crippen molar-refractivity contribution in [3.05, 3.63) is 88.2 Å². The van der Waals surface area contributed by atoms with E-state index in [0.29, 0.717) is 17.1 Å². The minimum absolute atomic E-state index is 0.0331. The van der Waals surface area contributed by atoms with E-state index in [9.17, 15) is 18.0 Å². The van der Waals surface area contributed by atoms with Gasteiger partial charge in [0.05, 0.1) is 23.4 Å². The molecule has 2 heterocycles. The van der Waals surface area contributed by atoms with Crippen LogP contribution in [0.5, 0.6) is 0 Å². The van der Waals surface area contributed by atoms with Crippen molar-refractivity contribution in [2.45, 2.75) is 12.7 Å². The average Bonchev–Trinajstić information content (AvgIpc) is 3.35. The van der Waals surface area contributed by atoms with Crippen LogP contribution >= 0.6 is 15.9 Å². The van der Waals surface area contributed by atoms with Gasteiger partial charge in [-0.1, -0.05) is 58.4 Å². The van der Waals surface area contributed by atoms with Gasteiger partial charge in [0.2, 0.25) is 0 Å². The number of aryl methyl sites for hydroxylation is 1. The monoisotopic (exact) mass is 512 g/mol. The van der Waals surface area contributed by atoms with E-state index in [0.717, 1.165) is 17.2 Å². The van der Waals surface area contributed by atoms with E-state index >= 15 is 0 Å². The lowest BCUT2D eigenvalue weighted by molar-refractivity contribution is -0.138. The fourth-order valence-electron chi connectivity index (χ4n) is 4.19. The quantitative estimate of drug-likeness (QED) is 0.333. The second-order valence-corrected chi connectivity index (χ2v) is 8.62. The van der Waals surface area contributed by atoms with E-state index in [4.69, 9.17) is 0 Å². The van der Waals surface area contributed by atoms with Gasteiger partial charge in [-0.3, -0.25) is 4.79 Å². The second-order valence-electron chi connectivity index (χ2n) is 7.70. The summed E-state index contributed by atoms with van der Waals surface area (Å²) >= 11 is 3.12. The summed E-state index contributed by atoms with van der Waals surface area (Å²) in [5.74, 6) is 0.0101. The summed E-state index contributed by atoms with van der Waals surface area (Å²) in [5.41, 5.74) is 1.96. The van der Waals surface area contributed by atoms with E-state index < -0.39 is 17.6 Å². The van der Waals surface area contributed by atoms with Gasteiger partial charge in [-0.15, -0.1) is 10.2 Å². The van der Waals surface area contributed by atoms with Gasteiger partial charge in [0.1, 0.15) is 6.33 Å². The molecule has 1 amide bonds. The zero-order valence-electron chi connectivity index (χ0n) is 17.3. The topological polar surface area (TPSA) is 51.0 Å². The molecule has 0 saturated carbocycles. The third-order valence-electron chi connectivity index (χ3n) is 5.66. The Hall–Kier alpha value is -3.46. The van der Waals surface area contributed by atoms with Crippen LogP contribution in [0.25, 0.3) is 22.5 Å². The van der Waals surface area contributed by atoms with Crippen molar-refractivity contribution >= 4 is 27.5 Å². The van der Waals surface area contributed by atoms with Gasteiger partial charge >= 0.3 is 6.18 Å². The number of hydrogen-bond donors (Lipinski definition) is 0. The summed E-state index contributed by atoms with van der Waals surface area (Å²) in [6.07, 6.45) is -3.04. The highest BCUT2D eigenvalue weighted by Crippen LogP contribution is 2.44. The van der Waals surface area contributed by atoms with Crippen LogP contribution in [0.4, 0.5) is 18.9 Å². The number of halogens is 4. The fraction of sp³-hybridized carbons (Fsp3) is 0.125. The number of amides is 1. The van der Waals surface area contributed by atoms with Crippen molar-refractivity contribution in [3.63, 3.8) is 0 Å². The highest BCUT2D eigenvalue weighted by Gasteiger charge is 2.41. The fourth-order valence-corrected chi connectivity index (χ4v) is 4.65. The molecular formula is C24H16BrF3N4O. The molecule has 1 aliphatic rings. The average molecular weight is 513 g/mol. The van der Waals surface area contributed by atoms with Gasteiger partial charge in [0.15, 0.2) is 5.82 Å². The van der Waals surface area contributed by atoms with Crippen molar-refractivity contribution < 1.29 is 18.0 Å². The lowest BCUT2D eigenvalue weighted by Gasteiger charge is -2.22. The molecule has 1 aliphatic heterocycles. The lowest BCUT2D eigenvalue weighted by Crippen LogP contribution is -2.24. The van der Waals surface area contributed by atoms with Crippen LogP contribution < -0.4 is 4.90 Å². The molecule has 9 heteroatoms. The maximum absolute atomic E-state index is 13.7. The third kappa shape index (κ3) is 3.62. The number of hydrogen-bond acceptors (Lipinski definition) is 3. The highest BCUT2D eigenvalue weighted by atomic mass is 79.9. The first-order valence-electron chi connectivity index (χ1n) is 10.00. The van der Waals surface area contributed by atoms with E-state index in [2.05, 4.69) is 26.1 Å². The molecule has 0 aliphatic carbocycles. The van der Waals surface area contributed by atoms with E-state index in [1.165, 1.54) is 11.0 Å². The molecule has 4 aromatic rings. The van der Waals surface area contributed by atoms with E-state index in [-0.39, 0.29) is 22.1 Å². The van der Waals surface area contributed by atoms with Gasteiger partial charge in [0, 0.05) is 17.1 Å². The van der Waals surface area contributed by atoms with Gasteiger partial charge in [-0.2, -0.15) is 13.2 Å². The van der Waals surface area contributed by atoms with E-state index in [1.807, 2.05) is 36.4 Å². The van der Waals surface area contributed by atoms with Crippen LogP contribution in [0, 0.1) is 0 Å². The van der Waals surface area contributed by atoms with E-state index in [1.54, 1.807) is 30.1 Å². The van der Waals surface area contributed by atoms with Crippen molar-refractivity contribution in [3.8, 4) is 22.5 Å². The Morgan fingerprint density at radius 2 is 1.76 bits per heavy atom. The van der Waals surface area contributed by atoms with Crippen molar-refractivity contribution in [2.75, 3.05) is 4.90 Å². The first-order chi connectivity index (χ1) is 15.8. The number of nitrogens with zero attached hydrogens (tertiary/aromatic N) is 4. The Kier molecular flexibility index (Phi) is 5.08. The highest BCUT2D eigenvalue weighted by molar-refractivity contribution is 9.10. The molecule has 0 fully saturated rings.